The van der Waals surface area contributed by atoms with E-state index in [1.54, 1.807) is 36.5 Å². The van der Waals surface area contributed by atoms with Gasteiger partial charge in [-0.2, -0.15) is 4.39 Å². The van der Waals surface area contributed by atoms with Gasteiger partial charge in [-0.1, -0.05) is 24.3 Å². The number of aromatic nitrogens is 1. The molecule has 2 amide bonds. The van der Waals surface area contributed by atoms with Crippen LogP contribution in [0.1, 0.15) is 15.9 Å². The minimum Gasteiger partial charge on any atom is -0.368 e. The molecule has 142 valence electrons. The molecule has 0 saturated carbocycles. The number of carbonyl (C=O) groups excluding carboxylic acids is 2. The molecule has 0 unspecified atom stereocenters. The van der Waals surface area contributed by atoms with E-state index in [9.17, 15) is 24.1 Å². The molecular formula is C19H15FN4O4. The summed E-state index contributed by atoms with van der Waals surface area (Å²) in [4.78, 5) is 38.7. The molecule has 0 saturated heterocycles. The number of rotatable bonds is 6. The van der Waals surface area contributed by atoms with Crippen molar-refractivity contribution in [2.45, 2.75) is 12.5 Å². The normalized spacial score (nSPS) is 11.8. The Morgan fingerprint density at radius 2 is 1.96 bits per heavy atom. The fourth-order valence-corrected chi connectivity index (χ4v) is 2.81. The first-order valence-electron chi connectivity index (χ1n) is 8.23. The predicted molar refractivity (Wildman–Crippen MR) is 99.0 cm³/mol. The molecule has 3 aromatic rings. The van der Waals surface area contributed by atoms with E-state index >= 15 is 0 Å². The van der Waals surface area contributed by atoms with Gasteiger partial charge in [-0.15, -0.1) is 0 Å². The Morgan fingerprint density at radius 1 is 1.21 bits per heavy atom. The van der Waals surface area contributed by atoms with E-state index in [4.69, 9.17) is 5.73 Å². The summed E-state index contributed by atoms with van der Waals surface area (Å²) in [5, 5.41) is 14.1. The van der Waals surface area contributed by atoms with Crippen molar-refractivity contribution in [3.8, 4) is 0 Å². The number of nitrogens with zero attached hydrogens (tertiary/aromatic N) is 2. The highest BCUT2D eigenvalue weighted by atomic mass is 19.1. The van der Waals surface area contributed by atoms with E-state index in [1.165, 1.54) is 6.07 Å². The fourth-order valence-electron chi connectivity index (χ4n) is 2.81. The summed E-state index contributed by atoms with van der Waals surface area (Å²) < 4.78 is 13.5. The Balaban J connectivity index is 1.85. The Morgan fingerprint density at radius 3 is 2.68 bits per heavy atom. The summed E-state index contributed by atoms with van der Waals surface area (Å²) in [5.41, 5.74) is 5.66. The van der Waals surface area contributed by atoms with Crippen LogP contribution in [0, 0.1) is 15.9 Å². The number of amides is 2. The van der Waals surface area contributed by atoms with Gasteiger partial charge in [0.15, 0.2) is 0 Å². The molecule has 1 heterocycles. The lowest BCUT2D eigenvalue weighted by atomic mass is 10.0. The highest BCUT2D eigenvalue weighted by molar-refractivity contribution is 6.06. The summed E-state index contributed by atoms with van der Waals surface area (Å²) in [5.74, 6) is -2.38. The molecule has 28 heavy (non-hydrogen) atoms. The van der Waals surface area contributed by atoms with Crippen LogP contribution in [-0.2, 0) is 11.2 Å². The molecule has 1 atom stereocenters. The number of nitrogens with one attached hydrogen (secondary N) is 1. The molecule has 8 nitrogen and oxygen atoms in total. The van der Waals surface area contributed by atoms with E-state index in [1.807, 2.05) is 0 Å². The van der Waals surface area contributed by atoms with Crippen molar-refractivity contribution in [1.29, 1.82) is 0 Å². The zero-order valence-electron chi connectivity index (χ0n) is 14.5. The third-order valence-corrected chi connectivity index (χ3v) is 4.17. The van der Waals surface area contributed by atoms with Gasteiger partial charge in [0.1, 0.15) is 6.04 Å². The van der Waals surface area contributed by atoms with Gasteiger partial charge in [-0.3, -0.25) is 24.7 Å². The number of nitro groups is 1. The van der Waals surface area contributed by atoms with Crippen LogP contribution >= 0.6 is 0 Å². The van der Waals surface area contributed by atoms with Crippen LogP contribution in [0.4, 0.5) is 10.1 Å². The second-order valence-electron chi connectivity index (χ2n) is 6.06. The summed E-state index contributed by atoms with van der Waals surface area (Å²) in [6.07, 6.45) is 1.42. The number of benzene rings is 2. The van der Waals surface area contributed by atoms with Crippen LogP contribution in [-0.4, -0.2) is 27.8 Å². The number of hydrogen-bond donors (Lipinski definition) is 2. The second-order valence-corrected chi connectivity index (χ2v) is 6.06. The van der Waals surface area contributed by atoms with Gasteiger partial charge in [-0.25, -0.2) is 0 Å². The molecule has 0 fully saturated rings. The first-order chi connectivity index (χ1) is 13.4. The molecule has 1 aromatic heterocycles. The van der Waals surface area contributed by atoms with Crippen LogP contribution in [0.25, 0.3) is 10.9 Å². The lowest BCUT2D eigenvalue weighted by molar-refractivity contribution is -0.387. The fraction of sp³-hybridized carbons (Fsp3) is 0.105. The number of pyridine rings is 1. The maximum Gasteiger partial charge on any atom is 0.305 e. The van der Waals surface area contributed by atoms with E-state index in [0.717, 1.165) is 17.5 Å². The monoisotopic (exact) mass is 382 g/mol. The third-order valence-electron chi connectivity index (χ3n) is 4.17. The molecule has 0 bridgehead atoms. The van der Waals surface area contributed by atoms with Gasteiger partial charge < -0.3 is 11.1 Å². The standard InChI is InChI=1S/C19H15FN4O4/c20-14-7-6-11(10-16(14)24(27)28)9-15(18(21)25)23-19(26)13-5-1-3-12-4-2-8-22-17(12)13/h1-8,10,15H,9H2,(H2,21,25)(H,23,26)/t15-/m0/s1. The number of hydrogen-bond acceptors (Lipinski definition) is 5. The van der Waals surface area contributed by atoms with Crippen molar-refractivity contribution in [3.05, 3.63) is 81.8 Å². The lowest BCUT2D eigenvalue weighted by Crippen LogP contribution is -2.45. The topological polar surface area (TPSA) is 128 Å². The van der Waals surface area contributed by atoms with Gasteiger partial charge in [0.25, 0.3) is 5.91 Å². The van der Waals surface area contributed by atoms with E-state index < -0.39 is 34.3 Å². The molecule has 0 radical (unpaired) electrons. The maximum atomic E-state index is 13.5. The average molecular weight is 382 g/mol. The largest absolute Gasteiger partial charge is 0.368 e. The number of para-hydroxylation sites is 1. The zero-order valence-corrected chi connectivity index (χ0v) is 14.5. The number of nitro benzene ring substituents is 1. The highest BCUT2D eigenvalue weighted by Gasteiger charge is 2.23. The molecular weight excluding hydrogens is 367 g/mol. The molecule has 0 aliphatic rings. The summed E-state index contributed by atoms with van der Waals surface area (Å²) in [6, 6.07) is 10.7. The van der Waals surface area contributed by atoms with Gasteiger partial charge in [-0.05, 0) is 23.8 Å². The Hall–Kier alpha value is -3.88. The molecule has 3 N–H and O–H groups in total. The lowest BCUT2D eigenvalue weighted by Gasteiger charge is -2.16. The van der Waals surface area contributed by atoms with Crippen molar-refractivity contribution in [2.75, 3.05) is 0 Å². The first-order valence-corrected chi connectivity index (χ1v) is 8.23. The van der Waals surface area contributed by atoms with Crippen molar-refractivity contribution in [2.24, 2.45) is 5.73 Å². The number of nitrogens with two attached hydrogens (primary N) is 1. The quantitative estimate of drug-likeness (QED) is 0.498. The summed E-state index contributed by atoms with van der Waals surface area (Å²) in [7, 11) is 0. The van der Waals surface area contributed by atoms with Gasteiger partial charge in [0, 0.05) is 24.1 Å². The molecule has 0 aliphatic heterocycles. The van der Waals surface area contributed by atoms with Gasteiger partial charge in [0.2, 0.25) is 11.7 Å². The highest BCUT2D eigenvalue weighted by Crippen LogP contribution is 2.20. The van der Waals surface area contributed by atoms with Crippen LogP contribution in [0.2, 0.25) is 0 Å². The van der Waals surface area contributed by atoms with E-state index in [-0.39, 0.29) is 17.5 Å². The van der Waals surface area contributed by atoms with Crippen molar-refractivity contribution in [1.82, 2.24) is 10.3 Å². The number of primary amides is 1. The summed E-state index contributed by atoms with van der Waals surface area (Å²) >= 11 is 0. The number of fused-ring (bicyclic) bond motifs is 1. The smallest absolute Gasteiger partial charge is 0.305 e. The Labute approximate surface area is 158 Å². The Bertz CT molecular complexity index is 1080. The minimum absolute atomic E-state index is 0.125. The van der Waals surface area contributed by atoms with Gasteiger partial charge >= 0.3 is 5.69 Å². The predicted octanol–water partition coefficient (Wildman–Crippen LogP) is 2.11. The van der Waals surface area contributed by atoms with E-state index in [2.05, 4.69) is 10.3 Å². The molecule has 3 rings (SSSR count). The average Bonchev–Trinajstić information content (AvgIpc) is 2.68. The first kappa shape index (κ1) is 18.9. The van der Waals surface area contributed by atoms with Crippen LogP contribution in [0.3, 0.4) is 0 Å². The van der Waals surface area contributed by atoms with Crippen LogP contribution < -0.4 is 11.1 Å². The second kappa shape index (κ2) is 7.78. The minimum atomic E-state index is -1.14. The zero-order chi connectivity index (χ0) is 20.3. The Kier molecular flexibility index (Phi) is 5.25. The molecule has 0 aliphatic carbocycles. The molecule has 2 aromatic carbocycles. The number of carbonyl (C=O) groups is 2. The third kappa shape index (κ3) is 3.93. The van der Waals surface area contributed by atoms with Gasteiger partial charge in [0.05, 0.1) is 16.0 Å². The molecule has 9 heteroatoms. The molecule has 0 spiro atoms. The maximum absolute atomic E-state index is 13.5. The van der Waals surface area contributed by atoms with Crippen LogP contribution in [0.5, 0.6) is 0 Å². The van der Waals surface area contributed by atoms with E-state index in [0.29, 0.717) is 5.52 Å². The van der Waals surface area contributed by atoms with Crippen LogP contribution in [0.15, 0.2) is 54.7 Å². The number of halogens is 1. The summed E-state index contributed by atoms with van der Waals surface area (Å²) in [6.45, 7) is 0. The SMILES string of the molecule is NC(=O)[C@H](Cc1ccc(F)c([N+](=O)[O-])c1)NC(=O)c1cccc2cccnc12. The van der Waals surface area contributed by atoms with Crippen molar-refractivity contribution < 1.29 is 18.9 Å². The van der Waals surface area contributed by atoms with Crippen molar-refractivity contribution >= 4 is 28.4 Å². The van der Waals surface area contributed by atoms with Crippen molar-refractivity contribution in [3.63, 3.8) is 0 Å².